The normalized spacial score (nSPS) is 10.6. The Labute approximate surface area is 140 Å². The number of ether oxygens (including phenoxy) is 1. The average Bonchev–Trinajstić information content (AvgIpc) is 2.37. The molecular formula is C12H11BrCl4O2. The van der Waals surface area contributed by atoms with Crippen molar-refractivity contribution in [3.8, 4) is 5.75 Å². The van der Waals surface area contributed by atoms with Crippen molar-refractivity contribution < 1.29 is 9.53 Å². The molecule has 1 aromatic carbocycles. The molecular weight excluding hydrogens is 398 g/mol. The van der Waals surface area contributed by atoms with Gasteiger partial charge >= 0.3 is 5.97 Å². The lowest BCUT2D eigenvalue weighted by molar-refractivity contribution is -0.134. The van der Waals surface area contributed by atoms with Crippen LogP contribution < -0.4 is 4.74 Å². The predicted molar refractivity (Wildman–Crippen MR) is 84.4 cm³/mol. The molecule has 0 atom stereocenters. The van der Waals surface area contributed by atoms with Crippen molar-refractivity contribution >= 4 is 68.3 Å². The summed E-state index contributed by atoms with van der Waals surface area (Å²) in [5.41, 5.74) is 0. The Kier molecular flexibility index (Phi) is 7.85. The first-order valence-electron chi connectivity index (χ1n) is 5.57. The number of rotatable bonds is 6. The molecule has 0 spiro atoms. The second kappa shape index (κ2) is 8.58. The lowest BCUT2D eigenvalue weighted by Crippen LogP contribution is -2.08. The molecule has 0 aliphatic carbocycles. The molecule has 0 N–H and O–H groups in total. The minimum atomic E-state index is -0.392. The van der Waals surface area contributed by atoms with Crippen LogP contribution >= 0.6 is 62.3 Å². The van der Waals surface area contributed by atoms with Crippen LogP contribution in [0, 0.1) is 0 Å². The maximum Gasteiger partial charge on any atom is 0.311 e. The summed E-state index contributed by atoms with van der Waals surface area (Å²) < 4.78 is 5.13. The van der Waals surface area contributed by atoms with E-state index in [0.717, 1.165) is 24.6 Å². The zero-order valence-electron chi connectivity index (χ0n) is 9.82. The summed E-state index contributed by atoms with van der Waals surface area (Å²) >= 11 is 26.9. The molecule has 0 amide bonds. The molecule has 0 unspecified atom stereocenters. The van der Waals surface area contributed by atoms with Crippen molar-refractivity contribution in [2.75, 3.05) is 5.33 Å². The third kappa shape index (κ3) is 5.31. The molecule has 0 aliphatic heterocycles. The SMILES string of the molecule is O=C(CCCCCBr)Oc1c(Cl)cc(Cl)c(Cl)c1Cl. The summed E-state index contributed by atoms with van der Waals surface area (Å²) in [5.74, 6) is -0.333. The number of halogens is 5. The van der Waals surface area contributed by atoms with Crippen molar-refractivity contribution in [2.45, 2.75) is 25.7 Å². The smallest absolute Gasteiger partial charge is 0.311 e. The Morgan fingerprint density at radius 1 is 1.05 bits per heavy atom. The van der Waals surface area contributed by atoms with E-state index in [4.69, 9.17) is 51.1 Å². The van der Waals surface area contributed by atoms with Crippen LogP contribution in [0.2, 0.25) is 20.1 Å². The molecule has 1 aromatic rings. The molecule has 0 saturated carbocycles. The monoisotopic (exact) mass is 406 g/mol. The second-order valence-corrected chi connectivity index (χ2v) is 6.13. The van der Waals surface area contributed by atoms with Gasteiger partial charge in [-0.3, -0.25) is 4.79 Å². The van der Waals surface area contributed by atoms with Gasteiger partial charge in [-0.2, -0.15) is 0 Å². The largest absolute Gasteiger partial charge is 0.423 e. The van der Waals surface area contributed by atoms with E-state index in [1.807, 2.05) is 0 Å². The third-order valence-corrected chi connectivity index (χ3v) is 4.39. The Balaban J connectivity index is 2.67. The van der Waals surface area contributed by atoms with Crippen LogP contribution in [0.4, 0.5) is 0 Å². The fraction of sp³-hybridized carbons (Fsp3) is 0.417. The van der Waals surface area contributed by atoms with E-state index in [1.54, 1.807) is 0 Å². The van der Waals surface area contributed by atoms with E-state index in [9.17, 15) is 4.79 Å². The number of esters is 1. The van der Waals surface area contributed by atoms with Gasteiger partial charge in [0.15, 0.2) is 5.75 Å². The Morgan fingerprint density at radius 2 is 1.74 bits per heavy atom. The number of carbonyl (C=O) groups is 1. The van der Waals surface area contributed by atoms with Gasteiger partial charge in [0.25, 0.3) is 0 Å². The van der Waals surface area contributed by atoms with E-state index in [1.165, 1.54) is 6.07 Å². The number of hydrogen-bond acceptors (Lipinski definition) is 2. The van der Waals surface area contributed by atoms with Crippen LogP contribution in [0.25, 0.3) is 0 Å². The first kappa shape index (κ1) is 17.4. The summed E-state index contributed by atoms with van der Waals surface area (Å²) in [5, 5.41) is 1.47. The van der Waals surface area contributed by atoms with Gasteiger partial charge in [0.05, 0.1) is 15.1 Å². The van der Waals surface area contributed by atoms with Crippen LogP contribution in [-0.2, 0) is 4.79 Å². The zero-order chi connectivity index (χ0) is 14.4. The van der Waals surface area contributed by atoms with Gasteiger partial charge in [-0.1, -0.05) is 68.8 Å². The van der Waals surface area contributed by atoms with E-state index < -0.39 is 5.97 Å². The highest BCUT2D eigenvalue weighted by Gasteiger charge is 2.17. The molecule has 2 nitrogen and oxygen atoms in total. The lowest BCUT2D eigenvalue weighted by Gasteiger charge is -2.10. The van der Waals surface area contributed by atoms with Crippen molar-refractivity contribution in [3.63, 3.8) is 0 Å². The maximum atomic E-state index is 11.6. The number of unbranched alkanes of at least 4 members (excludes halogenated alkanes) is 2. The molecule has 0 bridgehead atoms. The number of carbonyl (C=O) groups excluding carboxylic acids is 1. The quantitative estimate of drug-likeness (QED) is 0.141. The van der Waals surface area contributed by atoms with Crippen LogP contribution in [0.1, 0.15) is 25.7 Å². The molecule has 0 radical (unpaired) electrons. The van der Waals surface area contributed by atoms with Crippen molar-refractivity contribution in [3.05, 3.63) is 26.2 Å². The summed E-state index contributed by atoms with van der Waals surface area (Å²) in [7, 11) is 0. The Hall–Kier alpha value is 0.330. The zero-order valence-corrected chi connectivity index (χ0v) is 14.4. The highest BCUT2D eigenvalue weighted by Crippen LogP contribution is 2.42. The third-order valence-electron chi connectivity index (χ3n) is 2.30. The topological polar surface area (TPSA) is 26.3 Å². The van der Waals surface area contributed by atoms with Crippen LogP contribution in [0.3, 0.4) is 0 Å². The number of alkyl halides is 1. The van der Waals surface area contributed by atoms with Gasteiger partial charge in [-0.15, -0.1) is 0 Å². The highest BCUT2D eigenvalue weighted by atomic mass is 79.9. The molecule has 1 rings (SSSR count). The molecule has 106 valence electrons. The van der Waals surface area contributed by atoms with Gasteiger partial charge in [0.1, 0.15) is 5.02 Å². The molecule has 0 saturated heterocycles. The van der Waals surface area contributed by atoms with Crippen LogP contribution in [0.15, 0.2) is 6.07 Å². The minimum absolute atomic E-state index is 0.0491. The molecule has 0 fully saturated rings. The Morgan fingerprint density at radius 3 is 2.37 bits per heavy atom. The molecule has 0 aliphatic rings. The minimum Gasteiger partial charge on any atom is -0.423 e. The van der Waals surface area contributed by atoms with Crippen molar-refractivity contribution in [1.29, 1.82) is 0 Å². The number of benzene rings is 1. The van der Waals surface area contributed by atoms with Crippen molar-refractivity contribution in [2.24, 2.45) is 0 Å². The fourth-order valence-electron chi connectivity index (χ4n) is 1.35. The van der Waals surface area contributed by atoms with Gasteiger partial charge in [0.2, 0.25) is 0 Å². The first-order valence-corrected chi connectivity index (χ1v) is 8.20. The molecule has 19 heavy (non-hydrogen) atoms. The predicted octanol–water partition coefficient (Wildman–Crippen LogP) is 6.16. The first-order chi connectivity index (χ1) is 8.97. The molecule has 7 heteroatoms. The highest BCUT2D eigenvalue weighted by molar-refractivity contribution is 9.09. The van der Waals surface area contributed by atoms with Gasteiger partial charge in [0, 0.05) is 11.8 Å². The standard InChI is InChI=1S/C12H11BrCl4O2/c13-5-3-1-2-4-9(18)19-12-8(15)6-7(14)10(16)11(12)17/h6H,1-5H2. The van der Waals surface area contributed by atoms with E-state index in [-0.39, 0.29) is 25.8 Å². The second-order valence-electron chi connectivity index (χ2n) is 3.77. The van der Waals surface area contributed by atoms with E-state index >= 15 is 0 Å². The Bertz CT molecular complexity index is 466. The summed E-state index contributed by atoms with van der Waals surface area (Å²) in [4.78, 5) is 11.6. The van der Waals surface area contributed by atoms with Crippen LogP contribution in [0.5, 0.6) is 5.75 Å². The maximum absolute atomic E-state index is 11.6. The van der Waals surface area contributed by atoms with Crippen LogP contribution in [-0.4, -0.2) is 11.3 Å². The van der Waals surface area contributed by atoms with E-state index in [0.29, 0.717) is 6.42 Å². The summed E-state index contributed by atoms with van der Waals surface area (Å²) in [6.07, 6.45) is 3.02. The summed E-state index contributed by atoms with van der Waals surface area (Å²) in [6, 6.07) is 1.39. The average molecular weight is 409 g/mol. The van der Waals surface area contributed by atoms with Gasteiger partial charge < -0.3 is 4.74 Å². The number of hydrogen-bond donors (Lipinski definition) is 0. The fourth-order valence-corrected chi connectivity index (χ4v) is 2.73. The molecule has 0 heterocycles. The van der Waals surface area contributed by atoms with Crippen molar-refractivity contribution in [1.82, 2.24) is 0 Å². The van der Waals surface area contributed by atoms with E-state index in [2.05, 4.69) is 15.9 Å². The summed E-state index contributed by atoms with van der Waals surface area (Å²) in [6.45, 7) is 0. The lowest BCUT2D eigenvalue weighted by atomic mass is 10.2. The van der Waals surface area contributed by atoms with Gasteiger partial charge in [-0.25, -0.2) is 0 Å². The molecule has 0 aromatic heterocycles. The van der Waals surface area contributed by atoms with Gasteiger partial charge in [-0.05, 0) is 18.9 Å².